The predicted octanol–water partition coefficient (Wildman–Crippen LogP) is 1.03. The molecule has 88 valence electrons. The number of nitrogens with one attached hydrogen (secondary N) is 3. The van der Waals surface area contributed by atoms with Crippen molar-refractivity contribution >= 4 is 0 Å². The van der Waals surface area contributed by atoms with Gasteiger partial charge in [0, 0.05) is 20.1 Å². The van der Waals surface area contributed by atoms with E-state index in [9.17, 15) is 0 Å². The van der Waals surface area contributed by atoms with Crippen molar-refractivity contribution in [3.05, 3.63) is 29.8 Å². The van der Waals surface area contributed by atoms with Gasteiger partial charge in [-0.2, -0.15) is 5.48 Å². The van der Waals surface area contributed by atoms with Crippen molar-refractivity contribution in [2.45, 2.75) is 13.1 Å². The van der Waals surface area contributed by atoms with Gasteiger partial charge in [0.25, 0.3) is 0 Å². The topological polar surface area (TPSA) is 45.3 Å². The first-order chi connectivity index (χ1) is 7.79. The van der Waals surface area contributed by atoms with Crippen LogP contribution in [0.2, 0.25) is 0 Å². The van der Waals surface area contributed by atoms with Gasteiger partial charge in [-0.15, -0.1) is 0 Å². The lowest BCUT2D eigenvalue weighted by atomic mass is 10.1. The van der Waals surface area contributed by atoms with Crippen LogP contribution in [0.1, 0.15) is 18.7 Å². The van der Waals surface area contributed by atoms with Gasteiger partial charge in [-0.3, -0.25) is 10.6 Å². The van der Waals surface area contributed by atoms with Gasteiger partial charge in [-0.05, 0) is 23.6 Å². The van der Waals surface area contributed by atoms with E-state index in [1.807, 2.05) is 12.1 Å². The Morgan fingerprint density at radius 3 is 2.38 bits per heavy atom. The summed E-state index contributed by atoms with van der Waals surface area (Å²) in [6, 6.07) is 8.08. The lowest BCUT2D eigenvalue weighted by Gasteiger charge is -2.29. The molecule has 1 aliphatic rings. The SMILES string of the molecule is CNOc1ccc(C2NCC(C)CN2)cc1. The van der Waals surface area contributed by atoms with E-state index in [-0.39, 0.29) is 6.17 Å². The minimum Gasteiger partial charge on any atom is -0.409 e. The molecule has 1 aromatic rings. The molecule has 4 heteroatoms. The van der Waals surface area contributed by atoms with Gasteiger partial charge < -0.3 is 4.84 Å². The third kappa shape index (κ3) is 2.72. The van der Waals surface area contributed by atoms with Crippen LogP contribution in [0, 0.1) is 5.92 Å². The Hall–Kier alpha value is -1.10. The maximum Gasteiger partial charge on any atom is 0.147 e. The maximum absolute atomic E-state index is 5.17. The second-order valence-corrected chi connectivity index (χ2v) is 4.23. The maximum atomic E-state index is 5.17. The molecule has 1 saturated heterocycles. The first kappa shape index (κ1) is 11.4. The predicted molar refractivity (Wildman–Crippen MR) is 64.0 cm³/mol. The fourth-order valence-electron chi connectivity index (χ4n) is 1.86. The fourth-order valence-corrected chi connectivity index (χ4v) is 1.86. The van der Waals surface area contributed by atoms with Gasteiger partial charge in [0.2, 0.25) is 0 Å². The highest BCUT2D eigenvalue weighted by Crippen LogP contribution is 2.17. The summed E-state index contributed by atoms with van der Waals surface area (Å²) in [6.07, 6.45) is 0.264. The Labute approximate surface area is 96.3 Å². The monoisotopic (exact) mass is 221 g/mol. The lowest BCUT2D eigenvalue weighted by Crippen LogP contribution is -2.45. The van der Waals surface area contributed by atoms with Crippen molar-refractivity contribution in [3.63, 3.8) is 0 Å². The molecule has 3 N–H and O–H groups in total. The zero-order chi connectivity index (χ0) is 11.4. The summed E-state index contributed by atoms with van der Waals surface area (Å²) < 4.78 is 0. The highest BCUT2D eigenvalue weighted by molar-refractivity contribution is 5.29. The molecule has 0 radical (unpaired) electrons. The van der Waals surface area contributed by atoms with Gasteiger partial charge >= 0.3 is 0 Å². The van der Waals surface area contributed by atoms with Gasteiger partial charge in [0.05, 0.1) is 6.17 Å². The molecule has 1 heterocycles. The molecule has 0 atom stereocenters. The Kier molecular flexibility index (Phi) is 3.77. The summed E-state index contributed by atoms with van der Waals surface area (Å²) in [4.78, 5) is 5.17. The lowest BCUT2D eigenvalue weighted by molar-refractivity contribution is 0.223. The standard InChI is InChI=1S/C12H19N3O/c1-9-7-14-12(15-8-9)10-3-5-11(6-4-10)16-13-2/h3-6,9,12-15H,7-8H2,1-2H3. The summed E-state index contributed by atoms with van der Waals surface area (Å²) in [6.45, 7) is 4.36. The molecule has 0 unspecified atom stereocenters. The Morgan fingerprint density at radius 1 is 1.19 bits per heavy atom. The minimum atomic E-state index is 0.264. The normalized spacial score (nSPS) is 25.4. The molecule has 1 aliphatic heterocycles. The van der Waals surface area contributed by atoms with Gasteiger partial charge in [-0.1, -0.05) is 19.1 Å². The van der Waals surface area contributed by atoms with E-state index in [2.05, 4.69) is 35.2 Å². The van der Waals surface area contributed by atoms with Crippen LogP contribution in [0.5, 0.6) is 5.75 Å². The molecule has 2 rings (SSSR count). The van der Waals surface area contributed by atoms with Crippen molar-refractivity contribution in [3.8, 4) is 5.75 Å². The summed E-state index contributed by atoms with van der Waals surface area (Å²) in [5, 5.41) is 6.94. The molecular weight excluding hydrogens is 202 g/mol. The van der Waals surface area contributed by atoms with E-state index in [1.54, 1.807) is 7.05 Å². The molecule has 0 bridgehead atoms. The summed E-state index contributed by atoms with van der Waals surface area (Å²) in [7, 11) is 1.75. The number of hydrogen-bond acceptors (Lipinski definition) is 4. The third-order valence-corrected chi connectivity index (χ3v) is 2.77. The van der Waals surface area contributed by atoms with E-state index >= 15 is 0 Å². The molecule has 0 amide bonds. The van der Waals surface area contributed by atoms with E-state index < -0.39 is 0 Å². The molecule has 0 spiro atoms. The van der Waals surface area contributed by atoms with Crippen LogP contribution >= 0.6 is 0 Å². The van der Waals surface area contributed by atoms with E-state index in [4.69, 9.17) is 4.84 Å². The molecular formula is C12H19N3O. The first-order valence-corrected chi connectivity index (χ1v) is 5.70. The van der Waals surface area contributed by atoms with Crippen LogP contribution in [-0.2, 0) is 0 Å². The largest absolute Gasteiger partial charge is 0.409 e. The Balaban J connectivity index is 1.98. The minimum absolute atomic E-state index is 0.264. The molecule has 4 nitrogen and oxygen atoms in total. The van der Waals surface area contributed by atoms with Crippen molar-refractivity contribution < 1.29 is 4.84 Å². The third-order valence-electron chi connectivity index (χ3n) is 2.77. The highest BCUT2D eigenvalue weighted by atomic mass is 16.6. The van der Waals surface area contributed by atoms with Crippen molar-refractivity contribution in [2.75, 3.05) is 20.1 Å². The van der Waals surface area contributed by atoms with Crippen LogP contribution in [0.15, 0.2) is 24.3 Å². The van der Waals surface area contributed by atoms with E-state index in [0.717, 1.165) is 18.8 Å². The number of hydroxylamine groups is 1. The van der Waals surface area contributed by atoms with Crippen LogP contribution in [0.3, 0.4) is 0 Å². The fraction of sp³-hybridized carbons (Fsp3) is 0.500. The van der Waals surface area contributed by atoms with E-state index in [1.165, 1.54) is 5.56 Å². The Bertz CT molecular complexity index is 318. The van der Waals surface area contributed by atoms with Crippen molar-refractivity contribution in [1.29, 1.82) is 0 Å². The van der Waals surface area contributed by atoms with Crippen LogP contribution in [0.25, 0.3) is 0 Å². The van der Waals surface area contributed by atoms with Crippen molar-refractivity contribution in [1.82, 2.24) is 16.1 Å². The molecule has 16 heavy (non-hydrogen) atoms. The van der Waals surface area contributed by atoms with Gasteiger partial charge in [0.1, 0.15) is 5.75 Å². The second kappa shape index (κ2) is 5.30. The average molecular weight is 221 g/mol. The first-order valence-electron chi connectivity index (χ1n) is 5.70. The van der Waals surface area contributed by atoms with Crippen molar-refractivity contribution in [2.24, 2.45) is 5.92 Å². The van der Waals surface area contributed by atoms with Gasteiger partial charge in [-0.25, -0.2) is 0 Å². The second-order valence-electron chi connectivity index (χ2n) is 4.23. The Morgan fingerprint density at radius 2 is 1.81 bits per heavy atom. The van der Waals surface area contributed by atoms with Crippen LogP contribution in [-0.4, -0.2) is 20.1 Å². The van der Waals surface area contributed by atoms with E-state index in [0.29, 0.717) is 5.92 Å². The quantitative estimate of drug-likeness (QED) is 0.667. The number of rotatable bonds is 3. The smallest absolute Gasteiger partial charge is 0.147 e. The van der Waals surface area contributed by atoms with Gasteiger partial charge in [0.15, 0.2) is 0 Å². The molecule has 1 aromatic carbocycles. The zero-order valence-electron chi connectivity index (χ0n) is 9.79. The average Bonchev–Trinajstić information content (AvgIpc) is 2.32. The summed E-state index contributed by atoms with van der Waals surface area (Å²) in [5.41, 5.74) is 3.90. The molecule has 0 saturated carbocycles. The number of benzene rings is 1. The summed E-state index contributed by atoms with van der Waals surface area (Å²) >= 11 is 0. The summed E-state index contributed by atoms with van der Waals surface area (Å²) in [5.74, 6) is 1.53. The molecule has 0 aromatic heterocycles. The zero-order valence-corrected chi connectivity index (χ0v) is 9.79. The van der Waals surface area contributed by atoms with Crippen LogP contribution in [0.4, 0.5) is 0 Å². The van der Waals surface area contributed by atoms with Crippen LogP contribution < -0.4 is 21.0 Å². The molecule has 0 aliphatic carbocycles. The molecule has 1 fully saturated rings. The highest BCUT2D eigenvalue weighted by Gasteiger charge is 2.17. The number of hydrogen-bond donors (Lipinski definition) is 3.